The van der Waals surface area contributed by atoms with E-state index in [1.807, 2.05) is 29.2 Å². The standard InChI is InChI=1S/C21H20BrFN2O3S/c1-14-9-11-25(12-10-14)21-20(29(26,27)18-7-5-17(23)6-8-18)24-19(28-21)15-3-2-4-16(22)13-15/h2-8,13-14H,9-12H2,1H3. The molecule has 4 rings (SSSR count). The zero-order chi connectivity index (χ0) is 20.6. The summed E-state index contributed by atoms with van der Waals surface area (Å²) in [7, 11) is -3.97. The van der Waals surface area contributed by atoms with Crippen LogP contribution in [0.2, 0.25) is 0 Å². The minimum absolute atomic E-state index is 0.0142. The normalized spacial score (nSPS) is 15.6. The summed E-state index contributed by atoms with van der Waals surface area (Å²) < 4.78 is 46.8. The van der Waals surface area contributed by atoms with Crippen LogP contribution in [-0.2, 0) is 9.84 Å². The average molecular weight is 479 g/mol. The van der Waals surface area contributed by atoms with Gasteiger partial charge in [0, 0.05) is 23.1 Å². The summed E-state index contributed by atoms with van der Waals surface area (Å²) >= 11 is 3.42. The number of anilines is 1. The van der Waals surface area contributed by atoms with E-state index in [1.54, 1.807) is 0 Å². The molecule has 0 bridgehead atoms. The molecule has 1 saturated heterocycles. The molecule has 0 amide bonds. The molecule has 0 radical (unpaired) electrons. The third kappa shape index (κ3) is 4.09. The van der Waals surface area contributed by atoms with Crippen LogP contribution in [0.15, 0.2) is 67.3 Å². The van der Waals surface area contributed by atoms with Gasteiger partial charge in [-0.3, -0.25) is 0 Å². The van der Waals surface area contributed by atoms with E-state index in [0.717, 1.165) is 29.4 Å². The molecule has 152 valence electrons. The quantitative estimate of drug-likeness (QED) is 0.475. The lowest BCUT2D eigenvalue weighted by atomic mass is 9.99. The van der Waals surface area contributed by atoms with Crippen LogP contribution in [0.25, 0.3) is 11.5 Å². The largest absolute Gasteiger partial charge is 0.419 e. The molecule has 0 saturated carbocycles. The monoisotopic (exact) mass is 478 g/mol. The van der Waals surface area contributed by atoms with E-state index in [1.165, 1.54) is 12.1 Å². The summed E-state index contributed by atoms with van der Waals surface area (Å²) in [5, 5.41) is -0.131. The van der Waals surface area contributed by atoms with E-state index in [0.29, 0.717) is 24.6 Å². The number of nitrogens with zero attached hydrogens (tertiary/aromatic N) is 2. The number of oxazole rings is 1. The van der Waals surface area contributed by atoms with Crippen LogP contribution >= 0.6 is 15.9 Å². The number of rotatable bonds is 4. The topological polar surface area (TPSA) is 63.4 Å². The van der Waals surface area contributed by atoms with Crippen molar-refractivity contribution in [3.05, 3.63) is 58.8 Å². The van der Waals surface area contributed by atoms with Gasteiger partial charge in [-0.25, -0.2) is 12.8 Å². The Morgan fingerprint density at radius 3 is 2.48 bits per heavy atom. The second-order valence-corrected chi connectivity index (χ2v) is 10.0. The number of aromatic nitrogens is 1. The first-order valence-corrected chi connectivity index (χ1v) is 11.6. The lowest BCUT2D eigenvalue weighted by molar-refractivity contribution is 0.415. The predicted molar refractivity (Wildman–Crippen MR) is 112 cm³/mol. The zero-order valence-corrected chi connectivity index (χ0v) is 18.2. The fourth-order valence-electron chi connectivity index (χ4n) is 3.35. The van der Waals surface area contributed by atoms with Crippen LogP contribution in [0.3, 0.4) is 0 Å². The third-order valence-corrected chi connectivity index (χ3v) is 7.26. The molecule has 0 unspecified atom stereocenters. The molecule has 0 atom stereocenters. The molecule has 3 aromatic rings. The number of hydrogen-bond acceptors (Lipinski definition) is 5. The van der Waals surface area contributed by atoms with E-state index in [-0.39, 0.29) is 21.7 Å². The van der Waals surface area contributed by atoms with E-state index in [2.05, 4.69) is 27.8 Å². The van der Waals surface area contributed by atoms with E-state index >= 15 is 0 Å². The Labute approximate surface area is 177 Å². The van der Waals surface area contributed by atoms with Crippen molar-refractivity contribution in [3.63, 3.8) is 0 Å². The van der Waals surface area contributed by atoms with E-state index in [4.69, 9.17) is 4.42 Å². The van der Waals surface area contributed by atoms with Crippen molar-refractivity contribution in [2.24, 2.45) is 5.92 Å². The van der Waals surface area contributed by atoms with Crippen molar-refractivity contribution in [2.45, 2.75) is 29.7 Å². The van der Waals surface area contributed by atoms with E-state index in [9.17, 15) is 12.8 Å². The molecular weight excluding hydrogens is 459 g/mol. The minimum atomic E-state index is -3.97. The number of hydrogen-bond donors (Lipinski definition) is 0. The minimum Gasteiger partial charge on any atom is -0.419 e. The summed E-state index contributed by atoms with van der Waals surface area (Å²) in [5.74, 6) is 0.567. The molecule has 5 nitrogen and oxygen atoms in total. The van der Waals surface area contributed by atoms with Crippen LogP contribution in [0.1, 0.15) is 19.8 Å². The lowest BCUT2D eigenvalue weighted by Gasteiger charge is -2.30. The lowest BCUT2D eigenvalue weighted by Crippen LogP contribution is -2.33. The highest BCUT2D eigenvalue weighted by Gasteiger charge is 2.32. The van der Waals surface area contributed by atoms with Crippen molar-refractivity contribution in [3.8, 4) is 11.5 Å². The first kappa shape index (κ1) is 20.1. The van der Waals surface area contributed by atoms with Crippen molar-refractivity contribution in [2.75, 3.05) is 18.0 Å². The van der Waals surface area contributed by atoms with Crippen LogP contribution in [0.4, 0.5) is 10.3 Å². The highest BCUT2D eigenvalue weighted by atomic mass is 79.9. The average Bonchev–Trinajstić information content (AvgIpc) is 3.15. The molecule has 29 heavy (non-hydrogen) atoms. The maximum Gasteiger partial charge on any atom is 0.236 e. The molecule has 0 N–H and O–H groups in total. The Morgan fingerprint density at radius 2 is 1.83 bits per heavy atom. The SMILES string of the molecule is CC1CCN(c2oc(-c3cccc(Br)c3)nc2S(=O)(=O)c2ccc(F)cc2)CC1. The van der Waals surface area contributed by atoms with Gasteiger partial charge >= 0.3 is 0 Å². The number of sulfone groups is 1. The molecule has 1 fully saturated rings. The molecule has 1 aliphatic heterocycles. The van der Waals surface area contributed by atoms with Crippen molar-refractivity contribution in [1.29, 1.82) is 0 Å². The van der Waals surface area contributed by atoms with Gasteiger partial charge in [0.15, 0.2) is 0 Å². The van der Waals surface area contributed by atoms with Crippen molar-refractivity contribution >= 4 is 31.7 Å². The van der Waals surface area contributed by atoms with Gasteiger partial charge in [-0.05, 0) is 61.2 Å². The third-order valence-electron chi connectivity index (χ3n) is 5.10. The number of piperidine rings is 1. The molecule has 1 aromatic heterocycles. The van der Waals surface area contributed by atoms with Gasteiger partial charge in [0.05, 0.1) is 4.90 Å². The molecule has 0 spiro atoms. The summed E-state index contributed by atoms with van der Waals surface area (Å²) in [4.78, 5) is 6.30. The Balaban J connectivity index is 1.83. The van der Waals surface area contributed by atoms with Crippen molar-refractivity contribution < 1.29 is 17.2 Å². The fourth-order valence-corrected chi connectivity index (χ4v) is 5.08. The Kier molecular flexibility index (Phi) is 5.48. The molecule has 8 heteroatoms. The molecule has 0 aliphatic carbocycles. The Hall–Kier alpha value is -2.19. The van der Waals surface area contributed by atoms with Gasteiger partial charge in [-0.2, -0.15) is 4.98 Å². The number of halogens is 2. The predicted octanol–water partition coefficient (Wildman–Crippen LogP) is 5.31. The molecular formula is C21H20BrFN2O3S. The summed E-state index contributed by atoms with van der Waals surface area (Å²) in [6.07, 6.45) is 1.89. The second-order valence-electron chi connectivity index (χ2n) is 7.27. The van der Waals surface area contributed by atoms with Crippen LogP contribution in [0, 0.1) is 11.7 Å². The van der Waals surface area contributed by atoms with Gasteiger partial charge in [-0.1, -0.05) is 28.9 Å². The van der Waals surface area contributed by atoms with Gasteiger partial charge in [0.1, 0.15) is 5.82 Å². The summed E-state index contributed by atoms with van der Waals surface area (Å²) in [6.45, 7) is 3.57. The van der Waals surface area contributed by atoms with Gasteiger partial charge in [-0.15, -0.1) is 0 Å². The highest BCUT2D eigenvalue weighted by molar-refractivity contribution is 9.10. The molecule has 2 heterocycles. The van der Waals surface area contributed by atoms with Crippen LogP contribution in [-0.4, -0.2) is 26.5 Å². The zero-order valence-electron chi connectivity index (χ0n) is 15.8. The first-order chi connectivity index (χ1) is 13.8. The van der Waals surface area contributed by atoms with Gasteiger partial charge < -0.3 is 9.32 Å². The fraction of sp³-hybridized carbons (Fsp3) is 0.286. The molecule has 1 aliphatic rings. The Morgan fingerprint density at radius 1 is 1.14 bits per heavy atom. The van der Waals surface area contributed by atoms with Crippen LogP contribution in [0.5, 0.6) is 0 Å². The summed E-state index contributed by atoms with van der Waals surface area (Å²) in [6, 6.07) is 12.1. The van der Waals surface area contributed by atoms with Crippen LogP contribution < -0.4 is 4.90 Å². The van der Waals surface area contributed by atoms with E-state index < -0.39 is 15.7 Å². The van der Waals surface area contributed by atoms with Gasteiger partial charge in [0.2, 0.25) is 26.6 Å². The summed E-state index contributed by atoms with van der Waals surface area (Å²) in [5.41, 5.74) is 0.673. The smallest absolute Gasteiger partial charge is 0.236 e. The van der Waals surface area contributed by atoms with Crippen molar-refractivity contribution in [1.82, 2.24) is 4.98 Å². The Bertz CT molecular complexity index is 1120. The molecule has 2 aromatic carbocycles. The number of benzene rings is 2. The van der Waals surface area contributed by atoms with Gasteiger partial charge in [0.25, 0.3) is 0 Å². The highest BCUT2D eigenvalue weighted by Crippen LogP contribution is 2.36. The second kappa shape index (κ2) is 7.91. The maximum absolute atomic E-state index is 13.3. The maximum atomic E-state index is 13.3. The first-order valence-electron chi connectivity index (χ1n) is 9.37.